The zero-order valence-electron chi connectivity index (χ0n) is 12.8. The van der Waals surface area contributed by atoms with Crippen LogP contribution in [0.5, 0.6) is 0 Å². The van der Waals surface area contributed by atoms with Gasteiger partial charge in [-0.2, -0.15) is 5.10 Å². The average molecular weight is 364 g/mol. The first-order valence-electron chi connectivity index (χ1n) is 6.54. The highest BCUT2D eigenvalue weighted by Crippen LogP contribution is 2.28. The van der Waals surface area contributed by atoms with E-state index in [1.165, 1.54) is 18.4 Å². The van der Waals surface area contributed by atoms with Gasteiger partial charge in [-0.05, 0) is 26.0 Å². The molecule has 0 spiro atoms. The fraction of sp³-hybridized carbons (Fsp3) is 0.462. The Morgan fingerprint density at radius 1 is 1.45 bits per heavy atom. The van der Waals surface area contributed by atoms with E-state index in [1.54, 1.807) is 31.6 Å². The second-order valence-electron chi connectivity index (χ2n) is 4.84. The standard InChI is InChI=1S/C13H18ClN3O3S2/c1-8-13(9(2)17(3)16-8)22(18,19)15-7-10(20-4)11-5-6-12(14)21-11/h5-6,10,15H,7H2,1-4H3. The summed E-state index contributed by atoms with van der Waals surface area (Å²) < 4.78 is 35.1. The summed E-state index contributed by atoms with van der Waals surface area (Å²) in [6.07, 6.45) is -0.385. The Hall–Kier alpha value is -0.930. The van der Waals surface area contributed by atoms with E-state index < -0.39 is 10.0 Å². The Morgan fingerprint density at radius 2 is 2.14 bits per heavy atom. The van der Waals surface area contributed by atoms with Gasteiger partial charge in [0.05, 0.1) is 15.7 Å². The Bertz CT molecular complexity index is 768. The van der Waals surface area contributed by atoms with E-state index in [-0.39, 0.29) is 17.5 Å². The molecule has 0 aliphatic rings. The molecule has 1 N–H and O–H groups in total. The van der Waals surface area contributed by atoms with Crippen LogP contribution in [0, 0.1) is 13.8 Å². The average Bonchev–Trinajstić information content (AvgIpc) is 2.95. The van der Waals surface area contributed by atoms with Crippen molar-refractivity contribution in [3.63, 3.8) is 0 Å². The summed E-state index contributed by atoms with van der Waals surface area (Å²) in [5.74, 6) is 0. The highest BCUT2D eigenvalue weighted by atomic mass is 35.5. The van der Waals surface area contributed by atoms with Crippen LogP contribution in [0.25, 0.3) is 0 Å². The van der Waals surface area contributed by atoms with Crippen molar-refractivity contribution in [2.75, 3.05) is 13.7 Å². The van der Waals surface area contributed by atoms with Crippen LogP contribution in [0.2, 0.25) is 4.34 Å². The van der Waals surface area contributed by atoms with Crippen LogP contribution in [0.3, 0.4) is 0 Å². The highest BCUT2D eigenvalue weighted by Gasteiger charge is 2.25. The normalized spacial score (nSPS) is 13.5. The summed E-state index contributed by atoms with van der Waals surface area (Å²) >= 11 is 7.27. The number of thiophene rings is 1. The van der Waals surface area contributed by atoms with Crippen LogP contribution in [-0.2, 0) is 21.8 Å². The Morgan fingerprint density at radius 3 is 2.59 bits per heavy atom. The monoisotopic (exact) mass is 363 g/mol. The Labute approximate surface area is 139 Å². The summed E-state index contributed by atoms with van der Waals surface area (Å²) in [5, 5.41) is 4.14. The van der Waals surface area contributed by atoms with Crippen molar-refractivity contribution < 1.29 is 13.2 Å². The molecule has 0 fully saturated rings. The van der Waals surface area contributed by atoms with Crippen molar-refractivity contribution in [1.82, 2.24) is 14.5 Å². The van der Waals surface area contributed by atoms with Crippen LogP contribution < -0.4 is 4.72 Å². The molecule has 2 aromatic heterocycles. The lowest BCUT2D eigenvalue weighted by Gasteiger charge is -2.15. The Balaban J connectivity index is 2.18. The molecule has 0 aliphatic carbocycles. The van der Waals surface area contributed by atoms with Crippen molar-refractivity contribution in [3.8, 4) is 0 Å². The fourth-order valence-electron chi connectivity index (χ4n) is 2.20. The zero-order valence-corrected chi connectivity index (χ0v) is 15.1. The van der Waals surface area contributed by atoms with Crippen LogP contribution in [-0.4, -0.2) is 31.9 Å². The first-order valence-corrected chi connectivity index (χ1v) is 9.22. The quantitative estimate of drug-likeness (QED) is 0.855. The van der Waals surface area contributed by atoms with Gasteiger partial charge < -0.3 is 4.74 Å². The van der Waals surface area contributed by atoms with Gasteiger partial charge in [0.15, 0.2) is 0 Å². The number of hydrogen-bond donors (Lipinski definition) is 1. The van der Waals surface area contributed by atoms with Gasteiger partial charge >= 0.3 is 0 Å². The number of nitrogens with one attached hydrogen (secondary N) is 1. The molecule has 6 nitrogen and oxygen atoms in total. The number of sulfonamides is 1. The van der Waals surface area contributed by atoms with E-state index in [2.05, 4.69) is 9.82 Å². The third kappa shape index (κ3) is 3.52. The minimum Gasteiger partial charge on any atom is -0.375 e. The first-order chi connectivity index (χ1) is 10.3. The smallest absolute Gasteiger partial charge is 0.244 e. The van der Waals surface area contributed by atoms with Gasteiger partial charge in [-0.3, -0.25) is 4.68 Å². The van der Waals surface area contributed by atoms with Crippen molar-refractivity contribution >= 4 is 33.0 Å². The summed E-state index contributed by atoms with van der Waals surface area (Å²) in [7, 11) is -0.399. The molecule has 9 heteroatoms. The van der Waals surface area contributed by atoms with Crippen LogP contribution >= 0.6 is 22.9 Å². The van der Waals surface area contributed by atoms with Crippen LogP contribution in [0.4, 0.5) is 0 Å². The van der Waals surface area contributed by atoms with Gasteiger partial charge in [-0.15, -0.1) is 11.3 Å². The molecule has 0 amide bonds. The number of halogens is 1. The van der Waals surface area contributed by atoms with Crippen molar-refractivity contribution in [2.24, 2.45) is 7.05 Å². The van der Waals surface area contributed by atoms with E-state index in [9.17, 15) is 8.42 Å². The maximum absolute atomic E-state index is 12.5. The summed E-state index contributed by atoms with van der Waals surface area (Å²) in [4.78, 5) is 1.09. The third-order valence-corrected chi connectivity index (χ3v) is 6.36. The lowest BCUT2D eigenvalue weighted by Crippen LogP contribution is -2.29. The molecule has 2 heterocycles. The topological polar surface area (TPSA) is 73.2 Å². The summed E-state index contributed by atoms with van der Waals surface area (Å²) in [5.41, 5.74) is 1.07. The van der Waals surface area contributed by atoms with Crippen LogP contribution in [0.15, 0.2) is 17.0 Å². The van der Waals surface area contributed by atoms with Gasteiger partial charge in [0, 0.05) is 25.6 Å². The number of ether oxygens (including phenoxy) is 1. The Kier molecular flexibility index (Phi) is 5.29. The second-order valence-corrected chi connectivity index (χ2v) is 8.29. The molecule has 0 saturated carbocycles. The number of aromatic nitrogens is 2. The molecule has 1 atom stereocenters. The molecule has 122 valence electrons. The molecule has 0 bridgehead atoms. The predicted molar refractivity (Wildman–Crippen MR) is 86.9 cm³/mol. The number of methoxy groups -OCH3 is 1. The highest BCUT2D eigenvalue weighted by molar-refractivity contribution is 7.89. The van der Waals surface area contributed by atoms with Gasteiger partial charge in [0.2, 0.25) is 10.0 Å². The minimum atomic E-state index is -3.65. The number of hydrogen-bond acceptors (Lipinski definition) is 5. The second kappa shape index (κ2) is 6.67. The maximum Gasteiger partial charge on any atom is 0.244 e. The van der Waals surface area contributed by atoms with E-state index in [0.717, 1.165) is 4.88 Å². The van der Waals surface area contributed by atoms with Gasteiger partial charge in [0.1, 0.15) is 11.0 Å². The van der Waals surface area contributed by atoms with Gasteiger partial charge in [0.25, 0.3) is 0 Å². The molecular formula is C13H18ClN3O3S2. The SMILES string of the molecule is COC(CNS(=O)(=O)c1c(C)nn(C)c1C)c1ccc(Cl)s1. The molecular weight excluding hydrogens is 346 g/mol. The molecule has 0 saturated heterocycles. The van der Waals surface area contributed by atoms with E-state index in [0.29, 0.717) is 15.7 Å². The fourth-order valence-corrected chi connectivity index (χ4v) is 4.81. The first kappa shape index (κ1) is 17.4. The number of nitrogens with zero attached hydrogens (tertiary/aromatic N) is 2. The molecule has 22 heavy (non-hydrogen) atoms. The molecule has 2 rings (SSSR count). The summed E-state index contributed by atoms with van der Waals surface area (Å²) in [6, 6.07) is 3.59. The lowest BCUT2D eigenvalue weighted by atomic mass is 10.3. The molecule has 0 aromatic carbocycles. The molecule has 0 aliphatic heterocycles. The van der Waals surface area contributed by atoms with Gasteiger partial charge in [-0.25, -0.2) is 13.1 Å². The predicted octanol–water partition coefficient (Wildman–Crippen LogP) is 2.42. The van der Waals surface area contributed by atoms with E-state index in [1.807, 2.05) is 6.07 Å². The number of rotatable bonds is 6. The van der Waals surface area contributed by atoms with E-state index >= 15 is 0 Å². The van der Waals surface area contributed by atoms with Gasteiger partial charge in [-0.1, -0.05) is 11.6 Å². The minimum absolute atomic E-state index is 0.128. The molecule has 1 unspecified atom stereocenters. The van der Waals surface area contributed by atoms with Crippen molar-refractivity contribution in [3.05, 3.63) is 32.7 Å². The third-order valence-electron chi connectivity index (χ3n) is 3.37. The van der Waals surface area contributed by atoms with Crippen molar-refractivity contribution in [2.45, 2.75) is 24.8 Å². The molecule has 2 aromatic rings. The van der Waals surface area contributed by atoms with Crippen molar-refractivity contribution in [1.29, 1.82) is 0 Å². The van der Waals surface area contributed by atoms with Crippen LogP contribution in [0.1, 0.15) is 22.4 Å². The largest absolute Gasteiger partial charge is 0.375 e. The maximum atomic E-state index is 12.5. The zero-order chi connectivity index (χ0) is 16.5. The lowest BCUT2D eigenvalue weighted by molar-refractivity contribution is 0.110. The molecule has 0 radical (unpaired) electrons. The van der Waals surface area contributed by atoms with E-state index in [4.69, 9.17) is 16.3 Å². The number of aryl methyl sites for hydroxylation is 2. The summed E-state index contributed by atoms with van der Waals surface area (Å²) in [6.45, 7) is 3.53.